The van der Waals surface area contributed by atoms with Crippen LogP contribution in [0.1, 0.15) is 31.9 Å². The molecule has 0 spiro atoms. The van der Waals surface area contributed by atoms with Gasteiger partial charge < -0.3 is 0 Å². The third-order valence-corrected chi connectivity index (χ3v) is 3.88. The summed E-state index contributed by atoms with van der Waals surface area (Å²) in [5, 5.41) is 0. The van der Waals surface area contributed by atoms with Crippen LogP contribution in [0.2, 0.25) is 0 Å². The minimum absolute atomic E-state index is 0.180. The summed E-state index contributed by atoms with van der Waals surface area (Å²) >= 11 is 0. The van der Waals surface area contributed by atoms with E-state index in [2.05, 4.69) is 19.1 Å². The predicted octanol–water partition coefficient (Wildman–Crippen LogP) is 3.78. The van der Waals surface area contributed by atoms with E-state index in [0.29, 0.717) is 0 Å². The summed E-state index contributed by atoms with van der Waals surface area (Å²) in [7, 11) is 0. The molecule has 0 saturated heterocycles. The van der Waals surface area contributed by atoms with Crippen LogP contribution in [0.3, 0.4) is 0 Å². The molecule has 0 N–H and O–H groups in total. The number of hydrogen-bond acceptors (Lipinski definition) is 1. The zero-order valence-corrected chi connectivity index (χ0v) is 10.3. The molecule has 1 aromatic carbocycles. The number of benzene rings is 1. The van der Waals surface area contributed by atoms with E-state index in [9.17, 15) is 4.79 Å². The predicted molar refractivity (Wildman–Crippen MR) is 70.4 cm³/mol. The summed E-state index contributed by atoms with van der Waals surface area (Å²) in [5.74, 6) is 0.180. The van der Waals surface area contributed by atoms with E-state index in [-0.39, 0.29) is 5.78 Å². The van der Waals surface area contributed by atoms with Gasteiger partial charge >= 0.3 is 0 Å². The van der Waals surface area contributed by atoms with Crippen molar-refractivity contribution in [3.05, 3.63) is 57.7 Å². The molecule has 2 aliphatic carbocycles. The molecule has 2 aliphatic rings. The second-order valence-corrected chi connectivity index (χ2v) is 4.72. The Bertz CT molecular complexity index is 639. The van der Waals surface area contributed by atoms with Crippen molar-refractivity contribution < 1.29 is 4.79 Å². The highest BCUT2D eigenvalue weighted by Crippen LogP contribution is 2.43. The number of carbonyl (C=O) groups excluding carboxylic acids is 1. The molecule has 0 unspecified atom stereocenters. The van der Waals surface area contributed by atoms with Crippen LogP contribution < -0.4 is 0 Å². The Balaban J connectivity index is 2.36. The van der Waals surface area contributed by atoms with Crippen LogP contribution in [0.15, 0.2) is 46.6 Å². The van der Waals surface area contributed by atoms with Gasteiger partial charge in [-0.15, -0.1) is 0 Å². The van der Waals surface area contributed by atoms with Crippen molar-refractivity contribution in [1.82, 2.24) is 0 Å². The Morgan fingerprint density at radius 2 is 1.59 bits per heavy atom. The monoisotopic (exact) mass is 222 g/mol. The molecular formula is C16H14O. The lowest BCUT2D eigenvalue weighted by Crippen LogP contribution is -2.12. The molecule has 0 bridgehead atoms. The minimum atomic E-state index is 0.180. The van der Waals surface area contributed by atoms with E-state index in [0.717, 1.165) is 27.9 Å². The second kappa shape index (κ2) is 3.30. The molecule has 0 amide bonds. The van der Waals surface area contributed by atoms with Gasteiger partial charge in [0.2, 0.25) is 0 Å². The Kier molecular flexibility index (Phi) is 1.99. The molecule has 0 radical (unpaired) electrons. The Labute approximate surface area is 101 Å². The molecule has 0 aromatic heterocycles. The maximum Gasteiger partial charge on any atom is 0.189 e. The molecule has 84 valence electrons. The van der Waals surface area contributed by atoms with Gasteiger partial charge in [-0.1, -0.05) is 24.3 Å². The number of Topliss-reactive ketones (excluding diaryl/α,β-unsaturated/α-hetero) is 1. The molecule has 1 heteroatoms. The third kappa shape index (κ3) is 1.22. The van der Waals surface area contributed by atoms with Crippen LogP contribution in [0.4, 0.5) is 0 Å². The van der Waals surface area contributed by atoms with Gasteiger partial charge in [0, 0.05) is 11.1 Å². The summed E-state index contributed by atoms with van der Waals surface area (Å²) in [6, 6.07) is 8.21. The lowest BCUT2D eigenvalue weighted by molar-refractivity contribution is -0.111. The van der Waals surface area contributed by atoms with Crippen LogP contribution in [0.5, 0.6) is 0 Å². The summed E-state index contributed by atoms with van der Waals surface area (Å²) in [5.41, 5.74) is 7.59. The van der Waals surface area contributed by atoms with E-state index < -0.39 is 0 Å². The Hall–Kier alpha value is -1.89. The molecule has 0 atom stereocenters. The Morgan fingerprint density at radius 1 is 0.882 bits per heavy atom. The zero-order valence-electron chi connectivity index (χ0n) is 10.3. The normalized spacial score (nSPS) is 18.3. The first-order valence-corrected chi connectivity index (χ1v) is 5.86. The fraction of sp³-hybridized carbons (Fsp3) is 0.188. The van der Waals surface area contributed by atoms with Gasteiger partial charge in [-0.25, -0.2) is 0 Å². The number of rotatable bonds is 0. The fourth-order valence-corrected chi connectivity index (χ4v) is 2.65. The van der Waals surface area contributed by atoms with Crippen molar-refractivity contribution in [1.29, 1.82) is 0 Å². The summed E-state index contributed by atoms with van der Waals surface area (Å²) in [4.78, 5) is 12.3. The summed E-state index contributed by atoms with van der Waals surface area (Å²) in [6.07, 6.45) is 2.02. The van der Waals surface area contributed by atoms with Crippen molar-refractivity contribution in [2.24, 2.45) is 0 Å². The minimum Gasteiger partial charge on any atom is -0.289 e. The zero-order chi connectivity index (χ0) is 12.2. The molecule has 0 fully saturated rings. The average Bonchev–Trinajstić information content (AvgIpc) is 2.73. The lowest BCUT2D eigenvalue weighted by Gasteiger charge is -2.20. The van der Waals surface area contributed by atoms with Crippen LogP contribution >= 0.6 is 0 Å². The highest BCUT2D eigenvalue weighted by molar-refractivity contribution is 6.26. The van der Waals surface area contributed by atoms with Gasteiger partial charge in [0.1, 0.15) is 0 Å². The number of hydrogen-bond donors (Lipinski definition) is 0. The van der Waals surface area contributed by atoms with Crippen LogP contribution in [-0.2, 0) is 4.79 Å². The van der Waals surface area contributed by atoms with E-state index in [4.69, 9.17) is 0 Å². The molecule has 17 heavy (non-hydrogen) atoms. The molecule has 0 saturated carbocycles. The van der Waals surface area contributed by atoms with E-state index in [1.165, 1.54) is 11.1 Å². The van der Waals surface area contributed by atoms with Gasteiger partial charge in [0.05, 0.1) is 0 Å². The maximum absolute atomic E-state index is 12.3. The van der Waals surface area contributed by atoms with Crippen molar-refractivity contribution in [3.63, 3.8) is 0 Å². The SMILES string of the molecule is CC1=C(C)C(C)=C2C(=Cc3ccccc32)C1=O. The van der Waals surface area contributed by atoms with Gasteiger partial charge in [0.15, 0.2) is 5.78 Å². The topological polar surface area (TPSA) is 17.1 Å². The summed E-state index contributed by atoms with van der Waals surface area (Å²) in [6.45, 7) is 6.06. The largest absolute Gasteiger partial charge is 0.289 e. The average molecular weight is 222 g/mol. The molecule has 1 aromatic rings. The highest BCUT2D eigenvalue weighted by Gasteiger charge is 2.30. The standard InChI is InChI=1S/C16H14O/c1-9-10(2)15-13-7-5-4-6-12(13)8-14(15)16(17)11(9)3/h4-8H,1-3H3. The van der Waals surface area contributed by atoms with E-state index in [1.54, 1.807) is 0 Å². The quantitative estimate of drug-likeness (QED) is 0.653. The van der Waals surface area contributed by atoms with Crippen LogP contribution in [-0.4, -0.2) is 5.78 Å². The van der Waals surface area contributed by atoms with Gasteiger partial charge in [-0.2, -0.15) is 0 Å². The molecule has 1 nitrogen and oxygen atoms in total. The van der Waals surface area contributed by atoms with Gasteiger partial charge in [-0.05, 0) is 54.7 Å². The maximum atomic E-state index is 12.3. The summed E-state index contributed by atoms with van der Waals surface area (Å²) < 4.78 is 0. The van der Waals surface area contributed by atoms with Crippen molar-refractivity contribution in [2.45, 2.75) is 20.8 Å². The van der Waals surface area contributed by atoms with E-state index >= 15 is 0 Å². The smallest absolute Gasteiger partial charge is 0.189 e. The van der Waals surface area contributed by atoms with Crippen molar-refractivity contribution in [2.75, 3.05) is 0 Å². The van der Waals surface area contributed by atoms with Crippen molar-refractivity contribution >= 4 is 17.4 Å². The first kappa shape index (κ1) is 10.3. The fourth-order valence-electron chi connectivity index (χ4n) is 2.65. The Morgan fingerprint density at radius 3 is 2.35 bits per heavy atom. The van der Waals surface area contributed by atoms with E-state index in [1.807, 2.05) is 32.1 Å². The van der Waals surface area contributed by atoms with Crippen LogP contribution in [0, 0.1) is 0 Å². The third-order valence-electron chi connectivity index (χ3n) is 3.88. The molecular weight excluding hydrogens is 208 g/mol. The first-order chi connectivity index (χ1) is 8.11. The van der Waals surface area contributed by atoms with Crippen molar-refractivity contribution in [3.8, 4) is 0 Å². The number of allylic oxidation sites excluding steroid dienone is 5. The first-order valence-electron chi connectivity index (χ1n) is 5.86. The lowest BCUT2D eigenvalue weighted by atomic mass is 9.83. The molecule has 0 heterocycles. The number of carbonyl (C=O) groups is 1. The van der Waals surface area contributed by atoms with Gasteiger partial charge in [-0.3, -0.25) is 4.79 Å². The molecule has 0 aliphatic heterocycles. The number of ketones is 1. The number of fused-ring (bicyclic) bond motifs is 3. The molecule has 3 rings (SSSR count). The van der Waals surface area contributed by atoms with Gasteiger partial charge in [0.25, 0.3) is 0 Å². The van der Waals surface area contributed by atoms with Crippen LogP contribution in [0.25, 0.3) is 11.6 Å². The second-order valence-electron chi connectivity index (χ2n) is 4.72. The highest BCUT2D eigenvalue weighted by atomic mass is 16.1.